The highest BCUT2D eigenvalue weighted by Gasteiger charge is 2.07. The minimum atomic E-state index is 0.923. The van der Waals surface area contributed by atoms with E-state index in [4.69, 9.17) is 4.74 Å². The fourth-order valence-electron chi connectivity index (χ4n) is 1.80. The summed E-state index contributed by atoms with van der Waals surface area (Å²) in [4.78, 5) is 0. The van der Waals surface area contributed by atoms with Gasteiger partial charge in [-0.2, -0.15) is 0 Å². The van der Waals surface area contributed by atoms with E-state index in [2.05, 4.69) is 53.8 Å². The maximum absolute atomic E-state index is 5.38. The molecule has 16 heavy (non-hydrogen) atoms. The predicted octanol–water partition coefficient (Wildman–Crippen LogP) is 4.28. The first-order valence-corrected chi connectivity index (χ1v) is 6.20. The third-order valence-corrected chi connectivity index (χ3v) is 3.26. The lowest BCUT2D eigenvalue weighted by Gasteiger charge is -2.11. The van der Waals surface area contributed by atoms with Gasteiger partial charge in [-0.1, -0.05) is 24.3 Å². The number of rotatable bonds is 2. The fourth-order valence-corrected chi connectivity index (χ4v) is 2.44. The maximum Gasteiger partial charge on any atom is 0.126 e. The van der Waals surface area contributed by atoms with Gasteiger partial charge in [0.05, 0.1) is 7.11 Å². The van der Waals surface area contributed by atoms with Crippen molar-refractivity contribution in [1.29, 1.82) is 0 Å². The van der Waals surface area contributed by atoms with E-state index < -0.39 is 0 Å². The lowest BCUT2D eigenvalue weighted by Crippen LogP contribution is -1.89. The Bertz CT molecular complexity index is 506. The number of aryl methyl sites for hydroxylation is 1. The standard InChI is InChI=1S/C14H13IO/c1-10-9-11(15)7-8-12(10)13-5-3-4-6-14(13)16-2/h3-9H,1-2H3. The molecule has 0 atom stereocenters. The molecule has 0 aliphatic carbocycles. The van der Waals surface area contributed by atoms with Crippen LogP contribution in [0.2, 0.25) is 0 Å². The van der Waals surface area contributed by atoms with Gasteiger partial charge in [0.15, 0.2) is 0 Å². The third-order valence-electron chi connectivity index (χ3n) is 2.59. The van der Waals surface area contributed by atoms with Gasteiger partial charge in [-0.25, -0.2) is 0 Å². The van der Waals surface area contributed by atoms with Gasteiger partial charge in [0.1, 0.15) is 5.75 Å². The van der Waals surface area contributed by atoms with Crippen LogP contribution < -0.4 is 4.74 Å². The van der Waals surface area contributed by atoms with Crippen LogP contribution in [-0.4, -0.2) is 7.11 Å². The van der Waals surface area contributed by atoms with Crippen molar-refractivity contribution in [2.45, 2.75) is 6.92 Å². The molecule has 0 heterocycles. The largest absolute Gasteiger partial charge is 0.496 e. The van der Waals surface area contributed by atoms with E-state index in [1.165, 1.54) is 14.7 Å². The highest BCUT2D eigenvalue weighted by molar-refractivity contribution is 14.1. The van der Waals surface area contributed by atoms with Gasteiger partial charge < -0.3 is 4.74 Å². The second-order valence-corrected chi connectivity index (χ2v) is 4.91. The van der Waals surface area contributed by atoms with Gasteiger partial charge in [0, 0.05) is 9.13 Å². The Morgan fingerprint density at radius 2 is 1.75 bits per heavy atom. The van der Waals surface area contributed by atoms with Gasteiger partial charge in [-0.15, -0.1) is 0 Å². The summed E-state index contributed by atoms with van der Waals surface area (Å²) in [5, 5.41) is 0. The molecule has 0 amide bonds. The first kappa shape index (κ1) is 11.5. The molecule has 0 fully saturated rings. The molecule has 1 nitrogen and oxygen atoms in total. The number of ether oxygens (including phenoxy) is 1. The Morgan fingerprint density at radius 1 is 1.00 bits per heavy atom. The second kappa shape index (κ2) is 4.87. The van der Waals surface area contributed by atoms with Crippen LogP contribution in [0.25, 0.3) is 11.1 Å². The summed E-state index contributed by atoms with van der Waals surface area (Å²) in [6, 6.07) is 14.6. The van der Waals surface area contributed by atoms with E-state index in [1.807, 2.05) is 18.2 Å². The zero-order valence-electron chi connectivity index (χ0n) is 9.33. The molecule has 0 bridgehead atoms. The van der Waals surface area contributed by atoms with Crippen LogP contribution in [0.15, 0.2) is 42.5 Å². The molecule has 2 rings (SSSR count). The molecule has 0 N–H and O–H groups in total. The molecule has 0 aromatic heterocycles. The van der Waals surface area contributed by atoms with Crippen LogP contribution in [0.3, 0.4) is 0 Å². The van der Waals surface area contributed by atoms with Crippen LogP contribution in [0.4, 0.5) is 0 Å². The highest BCUT2D eigenvalue weighted by atomic mass is 127. The summed E-state index contributed by atoms with van der Waals surface area (Å²) in [6.07, 6.45) is 0. The number of methoxy groups -OCH3 is 1. The van der Waals surface area contributed by atoms with Gasteiger partial charge in [0.25, 0.3) is 0 Å². The highest BCUT2D eigenvalue weighted by Crippen LogP contribution is 2.32. The monoisotopic (exact) mass is 324 g/mol. The number of benzene rings is 2. The molecule has 0 radical (unpaired) electrons. The van der Waals surface area contributed by atoms with Crippen LogP contribution >= 0.6 is 22.6 Å². The van der Waals surface area contributed by atoms with Crippen LogP contribution in [0, 0.1) is 10.5 Å². The molecule has 0 aliphatic rings. The molecule has 0 saturated carbocycles. The molecule has 0 saturated heterocycles. The van der Waals surface area contributed by atoms with Crippen LogP contribution in [0.5, 0.6) is 5.75 Å². The predicted molar refractivity (Wildman–Crippen MR) is 75.9 cm³/mol. The first-order chi connectivity index (χ1) is 7.72. The Hall–Kier alpha value is -1.03. The van der Waals surface area contributed by atoms with Crippen molar-refractivity contribution in [3.8, 4) is 16.9 Å². The summed E-state index contributed by atoms with van der Waals surface area (Å²) in [7, 11) is 1.71. The molecular formula is C14H13IO. The number of hydrogen-bond donors (Lipinski definition) is 0. The SMILES string of the molecule is COc1ccccc1-c1ccc(I)cc1C. The maximum atomic E-state index is 5.38. The Labute approximate surface area is 110 Å². The summed E-state index contributed by atoms with van der Waals surface area (Å²) < 4.78 is 6.64. The van der Waals surface area contributed by atoms with E-state index in [1.54, 1.807) is 7.11 Å². The normalized spacial score (nSPS) is 10.2. The Kier molecular flexibility index (Phi) is 3.49. The summed E-state index contributed by atoms with van der Waals surface area (Å²) in [5.41, 5.74) is 3.66. The topological polar surface area (TPSA) is 9.23 Å². The second-order valence-electron chi connectivity index (χ2n) is 3.66. The lowest BCUT2D eigenvalue weighted by atomic mass is 10.00. The average molecular weight is 324 g/mol. The molecule has 2 aromatic carbocycles. The van der Waals surface area contributed by atoms with Crippen molar-refractivity contribution < 1.29 is 4.74 Å². The van der Waals surface area contributed by atoms with E-state index in [9.17, 15) is 0 Å². The number of hydrogen-bond acceptors (Lipinski definition) is 1. The Morgan fingerprint density at radius 3 is 2.44 bits per heavy atom. The average Bonchev–Trinajstić information content (AvgIpc) is 2.29. The third kappa shape index (κ3) is 2.21. The fraction of sp³-hybridized carbons (Fsp3) is 0.143. The van der Waals surface area contributed by atoms with Crippen LogP contribution in [0.1, 0.15) is 5.56 Å². The molecule has 0 spiro atoms. The summed E-state index contributed by atoms with van der Waals surface area (Å²) >= 11 is 2.33. The van der Waals surface area contributed by atoms with Gasteiger partial charge in [0.2, 0.25) is 0 Å². The minimum absolute atomic E-state index is 0.923. The van der Waals surface area contributed by atoms with E-state index >= 15 is 0 Å². The van der Waals surface area contributed by atoms with Gasteiger partial charge in [-0.3, -0.25) is 0 Å². The van der Waals surface area contributed by atoms with Crippen molar-refractivity contribution >= 4 is 22.6 Å². The van der Waals surface area contributed by atoms with Crippen molar-refractivity contribution in [1.82, 2.24) is 0 Å². The van der Waals surface area contributed by atoms with Crippen LogP contribution in [-0.2, 0) is 0 Å². The molecule has 2 aromatic rings. The van der Waals surface area contributed by atoms with Crippen molar-refractivity contribution in [2.24, 2.45) is 0 Å². The minimum Gasteiger partial charge on any atom is -0.496 e. The Balaban J connectivity index is 2.58. The molecule has 0 unspecified atom stereocenters. The molecule has 2 heteroatoms. The van der Waals surface area contributed by atoms with Crippen molar-refractivity contribution in [3.63, 3.8) is 0 Å². The number of halogens is 1. The van der Waals surface area contributed by atoms with E-state index in [0.29, 0.717) is 0 Å². The summed E-state index contributed by atoms with van der Waals surface area (Å²) in [5.74, 6) is 0.923. The van der Waals surface area contributed by atoms with Crippen molar-refractivity contribution in [2.75, 3.05) is 7.11 Å². The van der Waals surface area contributed by atoms with Gasteiger partial charge >= 0.3 is 0 Å². The lowest BCUT2D eigenvalue weighted by molar-refractivity contribution is 0.416. The smallest absolute Gasteiger partial charge is 0.126 e. The van der Waals surface area contributed by atoms with E-state index in [0.717, 1.165) is 11.3 Å². The molecule has 82 valence electrons. The quantitative estimate of drug-likeness (QED) is 0.750. The zero-order valence-corrected chi connectivity index (χ0v) is 11.5. The van der Waals surface area contributed by atoms with Gasteiger partial charge in [-0.05, 0) is 58.8 Å². The van der Waals surface area contributed by atoms with E-state index in [-0.39, 0.29) is 0 Å². The first-order valence-electron chi connectivity index (χ1n) is 5.12. The molecule has 0 aliphatic heterocycles. The molecular weight excluding hydrogens is 311 g/mol. The number of para-hydroxylation sites is 1. The zero-order chi connectivity index (χ0) is 11.5. The summed E-state index contributed by atoms with van der Waals surface area (Å²) in [6.45, 7) is 2.13. The van der Waals surface area contributed by atoms with Crippen molar-refractivity contribution in [3.05, 3.63) is 51.6 Å².